The normalized spacial score (nSPS) is 15.3. The molecule has 0 bridgehead atoms. The van der Waals surface area contributed by atoms with Gasteiger partial charge in [-0.25, -0.2) is 9.78 Å². The molecular formula is C25H27N3O5. The first-order valence-electron chi connectivity index (χ1n) is 10.9. The van der Waals surface area contributed by atoms with Gasteiger partial charge in [0.1, 0.15) is 5.82 Å². The molecule has 2 aromatic carbocycles. The molecule has 1 aliphatic carbocycles. The summed E-state index contributed by atoms with van der Waals surface area (Å²) in [5, 5.41) is 13.0. The highest BCUT2D eigenvalue weighted by molar-refractivity contribution is 5.88. The molecule has 0 fully saturated rings. The Bertz CT molecular complexity index is 1300. The minimum Gasteiger partial charge on any atom is -0.478 e. The number of anilines is 1. The van der Waals surface area contributed by atoms with Crippen LogP contribution in [-0.2, 0) is 22.7 Å². The van der Waals surface area contributed by atoms with E-state index in [1.54, 1.807) is 52.0 Å². The Hall–Kier alpha value is -3.68. The Balaban J connectivity index is 1.64. The van der Waals surface area contributed by atoms with Crippen molar-refractivity contribution in [2.45, 2.75) is 53.3 Å². The van der Waals surface area contributed by atoms with E-state index in [2.05, 4.69) is 10.3 Å². The van der Waals surface area contributed by atoms with E-state index in [1.165, 1.54) is 4.57 Å². The fraction of sp³-hybridized carbons (Fsp3) is 0.360. The van der Waals surface area contributed by atoms with Gasteiger partial charge in [0.05, 0.1) is 27.9 Å². The zero-order chi connectivity index (χ0) is 23.9. The summed E-state index contributed by atoms with van der Waals surface area (Å²) in [5.41, 5.74) is 2.90. The minimum absolute atomic E-state index is 0.00653. The van der Waals surface area contributed by atoms with Gasteiger partial charge in [-0.05, 0) is 88.1 Å². The first-order chi connectivity index (χ1) is 15.5. The lowest BCUT2D eigenvalue weighted by molar-refractivity contribution is -0.157. The van der Waals surface area contributed by atoms with E-state index >= 15 is 0 Å². The third-order valence-electron chi connectivity index (χ3n) is 5.89. The zero-order valence-electron chi connectivity index (χ0n) is 19.1. The number of carbonyl (C=O) groups excluding carboxylic acids is 1. The topological polar surface area (TPSA) is 111 Å². The molecule has 0 saturated heterocycles. The molecule has 4 rings (SSSR count). The lowest BCUT2D eigenvalue weighted by atomic mass is 9.98. The lowest BCUT2D eigenvalue weighted by Crippen LogP contribution is -2.30. The van der Waals surface area contributed by atoms with Gasteiger partial charge in [0.25, 0.3) is 5.56 Å². The molecule has 0 spiro atoms. The number of carboxylic acid groups (broad SMARTS) is 1. The summed E-state index contributed by atoms with van der Waals surface area (Å²) >= 11 is 0. The fourth-order valence-electron chi connectivity index (χ4n) is 3.99. The van der Waals surface area contributed by atoms with Crippen molar-refractivity contribution in [1.29, 1.82) is 0 Å². The highest BCUT2D eigenvalue weighted by Crippen LogP contribution is 2.35. The Kier molecular flexibility index (Phi) is 5.69. The molecule has 3 aromatic rings. The molecule has 1 unspecified atom stereocenters. The van der Waals surface area contributed by atoms with E-state index in [9.17, 15) is 14.4 Å². The standard InChI is InChI=1S/C25H27N3O5/c1-14-26-21-11-16-7-10-20(27-17-8-5-15(6-9-17)23(30)31)18(16)12-19(21)22(29)28(14)13-33-24(32)25(2,3)4/h5-6,8-9,11-12,20,27H,7,10,13H2,1-4H3,(H,30,31). The van der Waals surface area contributed by atoms with Crippen LogP contribution in [0.1, 0.15) is 60.5 Å². The van der Waals surface area contributed by atoms with Gasteiger partial charge >= 0.3 is 11.9 Å². The second-order valence-corrected chi connectivity index (χ2v) is 9.39. The SMILES string of the molecule is Cc1nc2cc3c(cc2c(=O)n1COC(=O)C(C)(C)C)C(Nc1ccc(C(=O)O)cc1)CC3. The van der Waals surface area contributed by atoms with Crippen LogP contribution in [0.4, 0.5) is 5.69 Å². The maximum absolute atomic E-state index is 13.2. The fourth-order valence-corrected chi connectivity index (χ4v) is 3.99. The second kappa shape index (κ2) is 8.35. The number of nitrogens with one attached hydrogen (secondary N) is 1. The lowest BCUT2D eigenvalue weighted by Gasteiger charge is -2.19. The van der Waals surface area contributed by atoms with Gasteiger partial charge in [-0.3, -0.25) is 14.2 Å². The van der Waals surface area contributed by atoms with Crippen LogP contribution in [0, 0.1) is 12.3 Å². The molecule has 2 N–H and O–H groups in total. The average Bonchev–Trinajstić information content (AvgIpc) is 3.13. The van der Waals surface area contributed by atoms with Crippen molar-refractivity contribution in [3.8, 4) is 0 Å². The first-order valence-corrected chi connectivity index (χ1v) is 10.9. The van der Waals surface area contributed by atoms with Gasteiger partial charge in [-0.15, -0.1) is 0 Å². The second-order valence-electron chi connectivity index (χ2n) is 9.39. The number of aromatic carboxylic acids is 1. The number of hydrogen-bond acceptors (Lipinski definition) is 6. The van der Waals surface area contributed by atoms with Crippen LogP contribution in [0.25, 0.3) is 10.9 Å². The van der Waals surface area contributed by atoms with Crippen molar-refractivity contribution in [2.75, 3.05) is 5.32 Å². The summed E-state index contributed by atoms with van der Waals surface area (Å²) < 4.78 is 6.73. The van der Waals surface area contributed by atoms with E-state index in [-0.39, 0.29) is 29.9 Å². The number of aryl methyl sites for hydroxylation is 2. The average molecular weight is 450 g/mol. The third kappa shape index (κ3) is 4.46. The molecule has 1 aliphatic rings. The van der Waals surface area contributed by atoms with Crippen LogP contribution in [0.2, 0.25) is 0 Å². The maximum atomic E-state index is 13.2. The highest BCUT2D eigenvalue weighted by Gasteiger charge is 2.26. The molecule has 1 heterocycles. The van der Waals surface area contributed by atoms with Crippen molar-refractivity contribution in [3.63, 3.8) is 0 Å². The Morgan fingerprint density at radius 2 is 1.91 bits per heavy atom. The smallest absolute Gasteiger partial charge is 0.335 e. The van der Waals surface area contributed by atoms with E-state index in [0.29, 0.717) is 16.7 Å². The van der Waals surface area contributed by atoms with Crippen LogP contribution in [0.3, 0.4) is 0 Å². The minimum atomic E-state index is -0.966. The van der Waals surface area contributed by atoms with Crippen molar-refractivity contribution in [2.24, 2.45) is 5.41 Å². The molecule has 8 nitrogen and oxygen atoms in total. The summed E-state index contributed by atoms with van der Waals surface area (Å²) in [6, 6.07) is 10.4. The first kappa shape index (κ1) is 22.5. The number of carboxylic acids is 1. The quantitative estimate of drug-likeness (QED) is 0.565. The predicted molar refractivity (Wildman–Crippen MR) is 124 cm³/mol. The van der Waals surface area contributed by atoms with Crippen molar-refractivity contribution >= 4 is 28.5 Å². The monoisotopic (exact) mass is 449 g/mol. The number of ether oxygens (including phenoxy) is 1. The number of rotatable bonds is 5. The number of esters is 1. The molecule has 172 valence electrons. The van der Waals surface area contributed by atoms with Gasteiger partial charge in [-0.2, -0.15) is 0 Å². The molecule has 0 aliphatic heterocycles. The van der Waals surface area contributed by atoms with Gasteiger partial charge in [0, 0.05) is 5.69 Å². The molecule has 0 amide bonds. The summed E-state index contributed by atoms with van der Waals surface area (Å²) in [5.74, 6) is -0.868. The van der Waals surface area contributed by atoms with Crippen molar-refractivity contribution in [1.82, 2.24) is 9.55 Å². The number of fused-ring (bicyclic) bond motifs is 2. The Morgan fingerprint density at radius 3 is 2.55 bits per heavy atom. The number of nitrogens with zero attached hydrogens (tertiary/aromatic N) is 2. The predicted octanol–water partition coefficient (Wildman–Crippen LogP) is 4.05. The van der Waals surface area contributed by atoms with Gasteiger partial charge in [0.15, 0.2) is 6.73 Å². The van der Waals surface area contributed by atoms with Crippen LogP contribution < -0.4 is 10.9 Å². The zero-order valence-corrected chi connectivity index (χ0v) is 19.1. The van der Waals surface area contributed by atoms with E-state index in [4.69, 9.17) is 9.84 Å². The largest absolute Gasteiger partial charge is 0.478 e. The van der Waals surface area contributed by atoms with Crippen molar-refractivity contribution in [3.05, 3.63) is 69.3 Å². The summed E-state index contributed by atoms with van der Waals surface area (Å²) in [7, 11) is 0. The van der Waals surface area contributed by atoms with Crippen LogP contribution in [-0.4, -0.2) is 26.6 Å². The van der Waals surface area contributed by atoms with E-state index in [1.807, 2.05) is 12.1 Å². The summed E-state index contributed by atoms with van der Waals surface area (Å²) in [4.78, 5) is 41.0. The Morgan fingerprint density at radius 1 is 1.21 bits per heavy atom. The highest BCUT2D eigenvalue weighted by atomic mass is 16.5. The molecule has 0 saturated carbocycles. The van der Waals surface area contributed by atoms with Crippen LogP contribution >= 0.6 is 0 Å². The molecule has 1 aromatic heterocycles. The van der Waals surface area contributed by atoms with Gasteiger partial charge in [0.2, 0.25) is 0 Å². The van der Waals surface area contributed by atoms with Crippen LogP contribution in [0.15, 0.2) is 41.2 Å². The molecule has 8 heteroatoms. The van der Waals surface area contributed by atoms with Crippen molar-refractivity contribution < 1.29 is 19.4 Å². The molecule has 33 heavy (non-hydrogen) atoms. The van der Waals surface area contributed by atoms with Crippen LogP contribution in [0.5, 0.6) is 0 Å². The third-order valence-corrected chi connectivity index (χ3v) is 5.89. The van der Waals surface area contributed by atoms with E-state index < -0.39 is 11.4 Å². The number of benzene rings is 2. The summed E-state index contributed by atoms with van der Waals surface area (Å²) in [6.07, 6.45) is 1.70. The summed E-state index contributed by atoms with van der Waals surface area (Å²) in [6.45, 7) is 6.82. The van der Waals surface area contributed by atoms with Gasteiger partial charge < -0.3 is 15.2 Å². The number of aromatic nitrogens is 2. The number of hydrogen-bond donors (Lipinski definition) is 2. The molecule has 1 atom stereocenters. The molecule has 0 radical (unpaired) electrons. The molecular weight excluding hydrogens is 422 g/mol. The van der Waals surface area contributed by atoms with E-state index in [0.717, 1.165) is 29.7 Å². The maximum Gasteiger partial charge on any atom is 0.335 e. The van der Waals surface area contributed by atoms with Gasteiger partial charge in [-0.1, -0.05) is 0 Å². The Labute approximate surface area is 191 Å². The number of carbonyl (C=O) groups is 2.